The predicted molar refractivity (Wildman–Crippen MR) is 82.1 cm³/mol. The topological polar surface area (TPSA) is 34.0 Å². The summed E-state index contributed by atoms with van der Waals surface area (Å²) in [5.41, 5.74) is 3.28. The Balaban J connectivity index is 1.83. The normalized spacial score (nSPS) is 10.6. The first-order chi connectivity index (χ1) is 9.58. The molecule has 0 aliphatic carbocycles. The van der Waals surface area contributed by atoms with Gasteiger partial charge in [-0.2, -0.15) is 0 Å². The fourth-order valence-electron chi connectivity index (χ4n) is 2.24. The van der Waals surface area contributed by atoms with Crippen LogP contribution in [0.25, 0.3) is 0 Å². The zero-order chi connectivity index (χ0) is 14.5. The highest BCUT2D eigenvalue weighted by Crippen LogP contribution is 2.15. The van der Waals surface area contributed by atoms with Gasteiger partial charge >= 0.3 is 0 Å². The molecule has 0 bridgehead atoms. The maximum Gasteiger partial charge on any atom is 0.224 e. The quantitative estimate of drug-likeness (QED) is 0.902. The maximum atomic E-state index is 11.9. The first-order valence-corrected chi connectivity index (χ1v) is 7.08. The van der Waals surface area contributed by atoms with Crippen molar-refractivity contribution in [3.05, 3.63) is 58.4 Å². The molecule has 1 amide bonds. The standard InChI is InChI=1S/C16H19ClN2O/c1-12-7-8-13(2)19(12)10-9-18-16(20)11-14-5-3-4-6-15(14)17/h3-8H,9-11H2,1-2H3,(H,18,20). The number of aryl methyl sites for hydroxylation is 2. The molecule has 4 heteroatoms. The fraction of sp³-hybridized carbons (Fsp3) is 0.312. The summed E-state index contributed by atoms with van der Waals surface area (Å²) in [7, 11) is 0. The van der Waals surface area contributed by atoms with Gasteiger partial charge in [0.15, 0.2) is 0 Å². The lowest BCUT2D eigenvalue weighted by Gasteiger charge is -2.10. The summed E-state index contributed by atoms with van der Waals surface area (Å²) in [6.45, 7) is 5.55. The van der Waals surface area contributed by atoms with Crippen LogP contribution in [0.1, 0.15) is 17.0 Å². The summed E-state index contributed by atoms with van der Waals surface area (Å²) in [5.74, 6) is 0.000521. The lowest BCUT2D eigenvalue weighted by atomic mass is 10.1. The number of amides is 1. The maximum absolute atomic E-state index is 11.9. The average Bonchev–Trinajstić information content (AvgIpc) is 2.73. The Morgan fingerprint density at radius 1 is 1.15 bits per heavy atom. The highest BCUT2D eigenvalue weighted by atomic mass is 35.5. The molecule has 3 nitrogen and oxygen atoms in total. The zero-order valence-electron chi connectivity index (χ0n) is 11.8. The Bertz CT molecular complexity index is 585. The SMILES string of the molecule is Cc1ccc(C)n1CCNC(=O)Cc1ccccc1Cl. The summed E-state index contributed by atoms with van der Waals surface area (Å²) >= 11 is 6.04. The van der Waals surface area contributed by atoms with Crippen LogP contribution in [0.5, 0.6) is 0 Å². The predicted octanol–water partition coefficient (Wildman–Crippen LogP) is 3.12. The van der Waals surface area contributed by atoms with E-state index in [0.29, 0.717) is 18.0 Å². The third-order valence-electron chi connectivity index (χ3n) is 3.38. The Kier molecular flexibility index (Phi) is 4.85. The number of nitrogens with one attached hydrogen (secondary N) is 1. The molecule has 0 saturated carbocycles. The van der Waals surface area contributed by atoms with Crippen molar-refractivity contribution in [1.29, 1.82) is 0 Å². The molecule has 2 aromatic rings. The molecule has 0 atom stereocenters. The van der Waals surface area contributed by atoms with E-state index in [1.165, 1.54) is 11.4 Å². The third kappa shape index (κ3) is 3.64. The minimum atomic E-state index is 0.000521. The van der Waals surface area contributed by atoms with Crippen molar-refractivity contribution < 1.29 is 4.79 Å². The van der Waals surface area contributed by atoms with Crippen molar-refractivity contribution in [3.8, 4) is 0 Å². The molecule has 0 radical (unpaired) electrons. The molecule has 0 fully saturated rings. The van der Waals surface area contributed by atoms with Crippen LogP contribution in [0.3, 0.4) is 0 Å². The van der Waals surface area contributed by atoms with Crippen molar-refractivity contribution in [2.75, 3.05) is 6.54 Å². The van der Waals surface area contributed by atoms with Crippen molar-refractivity contribution >= 4 is 17.5 Å². The van der Waals surface area contributed by atoms with Crippen LogP contribution in [0.15, 0.2) is 36.4 Å². The number of halogens is 1. The number of hydrogen-bond donors (Lipinski definition) is 1. The second-order valence-electron chi connectivity index (χ2n) is 4.89. The molecule has 20 heavy (non-hydrogen) atoms. The van der Waals surface area contributed by atoms with Crippen LogP contribution >= 0.6 is 11.6 Å². The highest BCUT2D eigenvalue weighted by Gasteiger charge is 2.06. The van der Waals surface area contributed by atoms with Crippen molar-refractivity contribution in [3.63, 3.8) is 0 Å². The van der Waals surface area contributed by atoms with Crippen molar-refractivity contribution in [2.45, 2.75) is 26.8 Å². The molecule has 0 aliphatic rings. The fourth-order valence-corrected chi connectivity index (χ4v) is 2.44. The van der Waals surface area contributed by atoms with E-state index in [1.807, 2.05) is 18.2 Å². The van der Waals surface area contributed by atoms with E-state index < -0.39 is 0 Å². The molecule has 1 aromatic carbocycles. The van der Waals surface area contributed by atoms with Gasteiger partial charge in [0.1, 0.15) is 0 Å². The van der Waals surface area contributed by atoms with Gasteiger partial charge in [-0.3, -0.25) is 4.79 Å². The molecule has 1 aromatic heterocycles. The molecule has 2 rings (SSSR count). The summed E-state index contributed by atoms with van der Waals surface area (Å²) in [6.07, 6.45) is 0.323. The van der Waals surface area contributed by atoms with E-state index in [9.17, 15) is 4.79 Å². The van der Waals surface area contributed by atoms with Crippen LogP contribution in [-0.4, -0.2) is 17.0 Å². The van der Waals surface area contributed by atoms with Gasteiger partial charge in [-0.05, 0) is 37.6 Å². The molecule has 0 unspecified atom stereocenters. The lowest BCUT2D eigenvalue weighted by molar-refractivity contribution is -0.120. The van der Waals surface area contributed by atoms with E-state index in [0.717, 1.165) is 12.1 Å². The molecule has 106 valence electrons. The Hall–Kier alpha value is -1.74. The second kappa shape index (κ2) is 6.62. The van der Waals surface area contributed by atoms with E-state index in [-0.39, 0.29) is 5.91 Å². The van der Waals surface area contributed by atoms with Crippen LogP contribution < -0.4 is 5.32 Å². The van der Waals surface area contributed by atoms with E-state index >= 15 is 0 Å². The summed E-state index contributed by atoms with van der Waals surface area (Å²) in [6, 6.07) is 11.6. The van der Waals surface area contributed by atoms with E-state index in [2.05, 4.69) is 35.9 Å². The van der Waals surface area contributed by atoms with Crippen LogP contribution in [0.4, 0.5) is 0 Å². The molecular formula is C16H19ClN2O. The summed E-state index contributed by atoms with van der Waals surface area (Å²) < 4.78 is 2.19. The number of aromatic nitrogens is 1. The zero-order valence-corrected chi connectivity index (χ0v) is 12.6. The van der Waals surface area contributed by atoms with Crippen molar-refractivity contribution in [2.24, 2.45) is 0 Å². The van der Waals surface area contributed by atoms with Gasteiger partial charge < -0.3 is 9.88 Å². The van der Waals surface area contributed by atoms with Crippen LogP contribution in [0.2, 0.25) is 5.02 Å². The minimum Gasteiger partial charge on any atom is -0.354 e. The molecule has 1 heterocycles. The van der Waals surface area contributed by atoms with Gasteiger partial charge in [-0.15, -0.1) is 0 Å². The smallest absolute Gasteiger partial charge is 0.224 e. The first-order valence-electron chi connectivity index (χ1n) is 6.71. The number of nitrogens with zero attached hydrogens (tertiary/aromatic N) is 1. The van der Waals surface area contributed by atoms with Gasteiger partial charge in [-0.1, -0.05) is 29.8 Å². The lowest BCUT2D eigenvalue weighted by Crippen LogP contribution is -2.29. The Morgan fingerprint density at radius 3 is 2.45 bits per heavy atom. The Morgan fingerprint density at radius 2 is 1.80 bits per heavy atom. The van der Waals surface area contributed by atoms with Gasteiger partial charge in [0.2, 0.25) is 5.91 Å². The number of rotatable bonds is 5. The number of carbonyl (C=O) groups is 1. The molecular weight excluding hydrogens is 272 g/mol. The number of benzene rings is 1. The van der Waals surface area contributed by atoms with E-state index in [1.54, 1.807) is 6.07 Å². The van der Waals surface area contributed by atoms with Gasteiger partial charge in [0.05, 0.1) is 6.42 Å². The van der Waals surface area contributed by atoms with Gasteiger partial charge in [0, 0.05) is 29.5 Å². The van der Waals surface area contributed by atoms with Gasteiger partial charge in [0.25, 0.3) is 0 Å². The third-order valence-corrected chi connectivity index (χ3v) is 3.75. The number of hydrogen-bond acceptors (Lipinski definition) is 1. The average molecular weight is 291 g/mol. The second-order valence-corrected chi connectivity index (χ2v) is 5.29. The summed E-state index contributed by atoms with van der Waals surface area (Å²) in [5, 5.41) is 3.57. The Labute approximate surface area is 124 Å². The largest absolute Gasteiger partial charge is 0.354 e. The van der Waals surface area contributed by atoms with Gasteiger partial charge in [-0.25, -0.2) is 0 Å². The first kappa shape index (κ1) is 14.7. The highest BCUT2D eigenvalue weighted by molar-refractivity contribution is 6.31. The molecule has 0 saturated heterocycles. The van der Waals surface area contributed by atoms with Crippen LogP contribution in [0, 0.1) is 13.8 Å². The minimum absolute atomic E-state index is 0.000521. The van der Waals surface area contributed by atoms with Crippen molar-refractivity contribution in [1.82, 2.24) is 9.88 Å². The monoisotopic (exact) mass is 290 g/mol. The van der Waals surface area contributed by atoms with Crippen LogP contribution in [-0.2, 0) is 17.8 Å². The summed E-state index contributed by atoms with van der Waals surface area (Å²) in [4.78, 5) is 11.9. The molecule has 0 spiro atoms. The number of carbonyl (C=O) groups excluding carboxylic acids is 1. The van der Waals surface area contributed by atoms with E-state index in [4.69, 9.17) is 11.6 Å². The molecule has 1 N–H and O–H groups in total. The molecule has 0 aliphatic heterocycles.